The number of hydrogen-bond donors (Lipinski definition) is 1. The molecule has 1 N–H and O–H groups in total. The molecule has 0 aliphatic carbocycles. The number of imidazole rings is 1. The summed E-state index contributed by atoms with van der Waals surface area (Å²) in [6.45, 7) is 2.15. The molecule has 2 aromatic heterocycles. The van der Waals surface area contributed by atoms with E-state index < -0.39 is 0 Å². The van der Waals surface area contributed by atoms with Gasteiger partial charge in [-0.15, -0.1) is 0 Å². The zero-order valence-electron chi connectivity index (χ0n) is 10.7. The summed E-state index contributed by atoms with van der Waals surface area (Å²) in [6.07, 6.45) is 3.11. The molecule has 19 heavy (non-hydrogen) atoms. The van der Waals surface area contributed by atoms with Crippen molar-refractivity contribution < 1.29 is 0 Å². The van der Waals surface area contributed by atoms with Crippen molar-refractivity contribution in [3.63, 3.8) is 0 Å². The van der Waals surface area contributed by atoms with Gasteiger partial charge in [0.1, 0.15) is 0 Å². The van der Waals surface area contributed by atoms with Crippen LogP contribution in [0.2, 0.25) is 5.15 Å². The van der Waals surface area contributed by atoms with Crippen LogP contribution >= 0.6 is 11.6 Å². The predicted octanol–water partition coefficient (Wildman–Crippen LogP) is 3.72. The molecule has 4 nitrogen and oxygen atoms in total. The van der Waals surface area contributed by atoms with Crippen molar-refractivity contribution in [2.45, 2.75) is 26.2 Å². The van der Waals surface area contributed by atoms with Gasteiger partial charge in [-0.25, -0.2) is 9.50 Å². The van der Waals surface area contributed by atoms with Gasteiger partial charge in [-0.3, -0.25) is 5.10 Å². The van der Waals surface area contributed by atoms with Crippen molar-refractivity contribution in [3.8, 4) is 11.4 Å². The van der Waals surface area contributed by atoms with Gasteiger partial charge in [0.2, 0.25) is 0 Å². The Kier molecular flexibility index (Phi) is 3.25. The van der Waals surface area contributed by atoms with Crippen LogP contribution in [0.3, 0.4) is 0 Å². The first-order valence-corrected chi connectivity index (χ1v) is 6.85. The maximum Gasteiger partial charge on any atom is 0.252 e. The average Bonchev–Trinajstić information content (AvgIpc) is 2.98. The first-order chi connectivity index (χ1) is 9.29. The summed E-state index contributed by atoms with van der Waals surface area (Å²) in [6, 6.07) is 9.95. The van der Waals surface area contributed by atoms with Crippen molar-refractivity contribution in [2.75, 3.05) is 0 Å². The maximum atomic E-state index is 6.32. The van der Waals surface area contributed by atoms with E-state index >= 15 is 0 Å². The van der Waals surface area contributed by atoms with Gasteiger partial charge in [0.05, 0.1) is 5.69 Å². The monoisotopic (exact) mass is 274 g/mol. The SMILES string of the molecule is CCCCc1nc2nc(-c3ccccc3)[nH]n2c1Cl. The van der Waals surface area contributed by atoms with Crippen molar-refractivity contribution in [1.29, 1.82) is 0 Å². The van der Waals surface area contributed by atoms with Gasteiger partial charge in [-0.1, -0.05) is 55.3 Å². The average molecular weight is 275 g/mol. The zero-order valence-corrected chi connectivity index (χ0v) is 11.5. The van der Waals surface area contributed by atoms with Crippen LogP contribution in [0.4, 0.5) is 0 Å². The molecule has 98 valence electrons. The van der Waals surface area contributed by atoms with Crippen LogP contribution in [0.5, 0.6) is 0 Å². The highest BCUT2D eigenvalue weighted by Gasteiger charge is 2.14. The van der Waals surface area contributed by atoms with Crippen LogP contribution in [0.15, 0.2) is 30.3 Å². The summed E-state index contributed by atoms with van der Waals surface area (Å²) >= 11 is 6.32. The number of fused-ring (bicyclic) bond motifs is 1. The number of nitrogens with zero attached hydrogens (tertiary/aromatic N) is 3. The first kappa shape index (κ1) is 12.2. The van der Waals surface area contributed by atoms with E-state index in [1.54, 1.807) is 4.52 Å². The highest BCUT2D eigenvalue weighted by atomic mass is 35.5. The van der Waals surface area contributed by atoms with Crippen LogP contribution < -0.4 is 0 Å². The quantitative estimate of drug-likeness (QED) is 0.788. The lowest BCUT2D eigenvalue weighted by molar-refractivity contribution is 0.779. The Morgan fingerprint density at radius 3 is 2.68 bits per heavy atom. The molecular weight excluding hydrogens is 260 g/mol. The summed E-state index contributed by atoms with van der Waals surface area (Å²) in [5.41, 5.74) is 1.95. The van der Waals surface area contributed by atoms with E-state index in [0.717, 1.165) is 36.3 Å². The summed E-state index contributed by atoms with van der Waals surface area (Å²) in [5.74, 6) is 1.42. The standard InChI is InChI=1S/C14H15ClN4/c1-2-3-9-11-12(15)19-14(16-11)17-13(18-19)10-7-5-4-6-8-10/h4-8H,2-3,9H2,1H3,(H,16,17,18). The second-order valence-electron chi connectivity index (χ2n) is 4.53. The van der Waals surface area contributed by atoms with E-state index in [4.69, 9.17) is 11.6 Å². The number of aromatic amines is 1. The Hall–Kier alpha value is -1.81. The Morgan fingerprint density at radius 1 is 1.21 bits per heavy atom. The molecule has 0 atom stereocenters. The second kappa shape index (κ2) is 5.05. The highest BCUT2D eigenvalue weighted by Crippen LogP contribution is 2.22. The molecular formula is C14H15ClN4. The van der Waals surface area contributed by atoms with Crippen molar-refractivity contribution >= 4 is 17.4 Å². The van der Waals surface area contributed by atoms with Crippen molar-refractivity contribution in [1.82, 2.24) is 19.6 Å². The maximum absolute atomic E-state index is 6.32. The third-order valence-corrected chi connectivity index (χ3v) is 3.50. The summed E-state index contributed by atoms with van der Waals surface area (Å²) in [5, 5.41) is 3.83. The molecule has 0 saturated heterocycles. The number of halogens is 1. The number of nitrogens with one attached hydrogen (secondary N) is 1. The van der Waals surface area contributed by atoms with E-state index in [0.29, 0.717) is 10.9 Å². The van der Waals surface area contributed by atoms with Gasteiger partial charge in [-0.2, -0.15) is 4.98 Å². The molecule has 0 saturated carbocycles. The van der Waals surface area contributed by atoms with Gasteiger partial charge in [0.25, 0.3) is 5.78 Å². The fraction of sp³-hybridized carbons (Fsp3) is 0.286. The Morgan fingerprint density at radius 2 is 2.00 bits per heavy atom. The number of H-pyrrole nitrogens is 1. The lowest BCUT2D eigenvalue weighted by Gasteiger charge is -1.96. The van der Waals surface area contributed by atoms with E-state index in [1.807, 2.05) is 30.3 Å². The fourth-order valence-corrected chi connectivity index (χ4v) is 2.32. The van der Waals surface area contributed by atoms with E-state index in [2.05, 4.69) is 22.0 Å². The van der Waals surface area contributed by atoms with E-state index in [1.165, 1.54) is 0 Å². The molecule has 0 aliphatic heterocycles. The lowest BCUT2D eigenvalue weighted by Crippen LogP contribution is -1.89. The minimum atomic E-state index is 0.634. The fourth-order valence-electron chi connectivity index (χ4n) is 2.07. The van der Waals surface area contributed by atoms with Crippen LogP contribution in [-0.2, 0) is 6.42 Å². The summed E-state index contributed by atoms with van der Waals surface area (Å²) in [4.78, 5) is 8.97. The van der Waals surface area contributed by atoms with Crippen molar-refractivity contribution in [2.24, 2.45) is 0 Å². The predicted molar refractivity (Wildman–Crippen MR) is 76.4 cm³/mol. The summed E-state index contributed by atoms with van der Waals surface area (Å²) in [7, 11) is 0. The van der Waals surface area contributed by atoms with Crippen LogP contribution in [-0.4, -0.2) is 19.6 Å². The van der Waals surface area contributed by atoms with E-state index in [9.17, 15) is 0 Å². The summed E-state index contributed by atoms with van der Waals surface area (Å²) < 4.78 is 1.74. The van der Waals surface area contributed by atoms with Gasteiger partial charge >= 0.3 is 0 Å². The third-order valence-electron chi connectivity index (χ3n) is 3.11. The number of hydrogen-bond acceptors (Lipinski definition) is 2. The molecule has 0 spiro atoms. The molecule has 0 aliphatic rings. The van der Waals surface area contributed by atoms with Gasteiger partial charge in [0, 0.05) is 5.56 Å². The molecule has 0 radical (unpaired) electrons. The topological polar surface area (TPSA) is 46.0 Å². The Labute approximate surface area is 116 Å². The number of aryl methyl sites for hydroxylation is 1. The zero-order chi connectivity index (χ0) is 13.2. The molecule has 3 rings (SSSR count). The molecule has 0 amide bonds. The number of rotatable bonds is 4. The van der Waals surface area contributed by atoms with Crippen LogP contribution in [0, 0.1) is 0 Å². The second-order valence-corrected chi connectivity index (χ2v) is 4.88. The normalized spacial score (nSPS) is 11.3. The minimum Gasteiger partial charge on any atom is -0.273 e. The lowest BCUT2D eigenvalue weighted by atomic mass is 10.2. The molecule has 1 aromatic carbocycles. The number of aromatic nitrogens is 4. The minimum absolute atomic E-state index is 0.634. The number of unbranched alkanes of at least 4 members (excludes halogenated alkanes) is 1. The Balaban J connectivity index is 1.99. The number of benzene rings is 1. The molecule has 5 heteroatoms. The molecule has 3 aromatic rings. The van der Waals surface area contributed by atoms with Gasteiger partial charge in [0.15, 0.2) is 11.0 Å². The van der Waals surface area contributed by atoms with Crippen molar-refractivity contribution in [3.05, 3.63) is 41.2 Å². The smallest absolute Gasteiger partial charge is 0.252 e. The van der Waals surface area contributed by atoms with Gasteiger partial charge in [-0.05, 0) is 12.8 Å². The molecule has 0 unspecified atom stereocenters. The Bertz CT molecular complexity index is 684. The largest absolute Gasteiger partial charge is 0.273 e. The third kappa shape index (κ3) is 2.24. The highest BCUT2D eigenvalue weighted by molar-refractivity contribution is 6.30. The van der Waals surface area contributed by atoms with Gasteiger partial charge < -0.3 is 0 Å². The van der Waals surface area contributed by atoms with Crippen LogP contribution in [0.1, 0.15) is 25.5 Å². The van der Waals surface area contributed by atoms with Crippen LogP contribution in [0.25, 0.3) is 17.2 Å². The molecule has 0 bridgehead atoms. The molecule has 2 heterocycles. The first-order valence-electron chi connectivity index (χ1n) is 6.48. The molecule has 0 fully saturated rings. The van der Waals surface area contributed by atoms with E-state index in [-0.39, 0.29) is 0 Å².